The van der Waals surface area contributed by atoms with E-state index >= 15 is 0 Å². The molecule has 0 aliphatic carbocycles. The van der Waals surface area contributed by atoms with E-state index in [0.717, 1.165) is 0 Å². The lowest BCUT2D eigenvalue weighted by atomic mass is 10.3. The standard InChI is InChI=1S/C10H11BrFN/c1-2-3-7-13-9-6-4-5-8(11)10(9)12/h2-6,13H,7H2,1H3/b3-2+. The Bertz CT molecular complexity index is 310. The second-order valence-corrected chi connectivity index (χ2v) is 3.41. The van der Waals surface area contributed by atoms with Crippen LogP contribution in [0.15, 0.2) is 34.8 Å². The fourth-order valence-corrected chi connectivity index (χ4v) is 1.29. The van der Waals surface area contributed by atoms with E-state index in [1.54, 1.807) is 18.2 Å². The van der Waals surface area contributed by atoms with Gasteiger partial charge in [0, 0.05) is 6.54 Å². The van der Waals surface area contributed by atoms with Crippen molar-refractivity contribution in [3.8, 4) is 0 Å². The van der Waals surface area contributed by atoms with E-state index in [4.69, 9.17) is 0 Å². The van der Waals surface area contributed by atoms with Gasteiger partial charge in [-0.05, 0) is 35.0 Å². The minimum Gasteiger partial charge on any atom is -0.379 e. The van der Waals surface area contributed by atoms with Crippen molar-refractivity contribution in [2.75, 3.05) is 11.9 Å². The highest BCUT2D eigenvalue weighted by Gasteiger charge is 2.03. The molecule has 0 aliphatic heterocycles. The molecule has 0 saturated heterocycles. The molecule has 1 nitrogen and oxygen atoms in total. The average Bonchev–Trinajstić information content (AvgIpc) is 2.13. The van der Waals surface area contributed by atoms with Gasteiger partial charge in [-0.15, -0.1) is 0 Å². The van der Waals surface area contributed by atoms with Crippen LogP contribution in [0, 0.1) is 5.82 Å². The summed E-state index contributed by atoms with van der Waals surface area (Å²) in [5.41, 5.74) is 0.521. The molecule has 0 aromatic heterocycles. The van der Waals surface area contributed by atoms with Crippen molar-refractivity contribution in [3.63, 3.8) is 0 Å². The van der Waals surface area contributed by atoms with Crippen LogP contribution in [-0.4, -0.2) is 6.54 Å². The summed E-state index contributed by atoms with van der Waals surface area (Å²) in [5, 5.41) is 2.96. The topological polar surface area (TPSA) is 12.0 Å². The third-order valence-corrected chi connectivity index (χ3v) is 2.21. The van der Waals surface area contributed by atoms with Crippen LogP contribution in [0.5, 0.6) is 0 Å². The Balaban J connectivity index is 2.71. The number of anilines is 1. The Hall–Kier alpha value is -0.830. The first-order valence-electron chi connectivity index (χ1n) is 4.04. The zero-order valence-corrected chi connectivity index (χ0v) is 8.94. The number of allylic oxidation sites excluding steroid dienone is 1. The molecule has 0 unspecified atom stereocenters. The number of benzene rings is 1. The molecule has 0 amide bonds. The van der Waals surface area contributed by atoms with Gasteiger partial charge in [0.1, 0.15) is 0 Å². The van der Waals surface area contributed by atoms with Gasteiger partial charge < -0.3 is 5.32 Å². The summed E-state index contributed by atoms with van der Waals surface area (Å²) >= 11 is 3.12. The van der Waals surface area contributed by atoms with Gasteiger partial charge in [0.05, 0.1) is 10.2 Å². The third-order valence-electron chi connectivity index (χ3n) is 1.60. The molecule has 0 bridgehead atoms. The van der Waals surface area contributed by atoms with Crippen molar-refractivity contribution in [2.45, 2.75) is 6.92 Å². The van der Waals surface area contributed by atoms with Crippen molar-refractivity contribution in [1.29, 1.82) is 0 Å². The minimum atomic E-state index is -0.244. The molecule has 0 aliphatic rings. The molecule has 1 rings (SSSR count). The smallest absolute Gasteiger partial charge is 0.160 e. The second-order valence-electron chi connectivity index (χ2n) is 2.55. The Morgan fingerprint density at radius 1 is 1.54 bits per heavy atom. The molecule has 1 N–H and O–H groups in total. The van der Waals surface area contributed by atoms with Crippen LogP contribution in [0.2, 0.25) is 0 Å². The van der Waals surface area contributed by atoms with E-state index in [9.17, 15) is 4.39 Å². The fourth-order valence-electron chi connectivity index (χ4n) is 0.927. The molecule has 0 heterocycles. The van der Waals surface area contributed by atoms with Crippen molar-refractivity contribution in [3.05, 3.63) is 40.6 Å². The molecule has 3 heteroatoms. The van der Waals surface area contributed by atoms with Gasteiger partial charge in [-0.25, -0.2) is 4.39 Å². The van der Waals surface area contributed by atoms with Gasteiger partial charge in [-0.1, -0.05) is 18.2 Å². The molecule has 1 aromatic carbocycles. The van der Waals surface area contributed by atoms with Gasteiger partial charge >= 0.3 is 0 Å². The molecule has 1 aromatic rings. The van der Waals surface area contributed by atoms with Crippen LogP contribution in [0.4, 0.5) is 10.1 Å². The lowest BCUT2D eigenvalue weighted by molar-refractivity contribution is 0.624. The van der Waals surface area contributed by atoms with Gasteiger partial charge in [0.15, 0.2) is 5.82 Å². The Morgan fingerprint density at radius 2 is 2.31 bits per heavy atom. The summed E-state index contributed by atoms with van der Waals surface area (Å²) < 4.78 is 13.8. The van der Waals surface area contributed by atoms with Crippen LogP contribution in [0.3, 0.4) is 0 Å². The molecule has 0 radical (unpaired) electrons. The van der Waals surface area contributed by atoms with Gasteiger partial charge in [0.2, 0.25) is 0 Å². The third kappa shape index (κ3) is 2.84. The normalized spacial score (nSPS) is 10.7. The quantitative estimate of drug-likeness (QED) is 0.801. The predicted molar refractivity (Wildman–Crippen MR) is 57.4 cm³/mol. The zero-order chi connectivity index (χ0) is 9.68. The lowest BCUT2D eigenvalue weighted by Crippen LogP contribution is -2.00. The van der Waals surface area contributed by atoms with E-state index in [1.807, 2.05) is 19.1 Å². The SMILES string of the molecule is C/C=C/CNc1cccc(Br)c1F. The van der Waals surface area contributed by atoms with Gasteiger partial charge in [0.25, 0.3) is 0 Å². The predicted octanol–water partition coefficient (Wildman–Crippen LogP) is 3.58. The molecular weight excluding hydrogens is 233 g/mol. The highest BCUT2D eigenvalue weighted by atomic mass is 79.9. The number of rotatable bonds is 3. The number of hydrogen-bond acceptors (Lipinski definition) is 1. The van der Waals surface area contributed by atoms with Crippen molar-refractivity contribution in [2.24, 2.45) is 0 Å². The van der Waals surface area contributed by atoms with Crippen LogP contribution < -0.4 is 5.32 Å². The maximum Gasteiger partial charge on any atom is 0.160 e. The fraction of sp³-hybridized carbons (Fsp3) is 0.200. The number of hydrogen-bond donors (Lipinski definition) is 1. The van der Waals surface area contributed by atoms with E-state index < -0.39 is 0 Å². The number of halogens is 2. The van der Waals surface area contributed by atoms with Crippen molar-refractivity contribution in [1.82, 2.24) is 0 Å². The summed E-state index contributed by atoms with van der Waals surface area (Å²) in [6.45, 7) is 2.57. The largest absolute Gasteiger partial charge is 0.379 e. The highest BCUT2D eigenvalue weighted by molar-refractivity contribution is 9.10. The summed E-state index contributed by atoms with van der Waals surface area (Å²) in [5.74, 6) is -0.244. The van der Waals surface area contributed by atoms with Crippen LogP contribution in [0.1, 0.15) is 6.92 Å². The molecule has 0 fully saturated rings. The Kier molecular flexibility index (Phi) is 3.96. The van der Waals surface area contributed by atoms with E-state index in [0.29, 0.717) is 16.7 Å². The summed E-state index contributed by atoms with van der Waals surface area (Å²) in [6.07, 6.45) is 3.85. The van der Waals surface area contributed by atoms with Crippen LogP contribution in [-0.2, 0) is 0 Å². The number of nitrogens with one attached hydrogen (secondary N) is 1. The van der Waals surface area contributed by atoms with E-state index in [2.05, 4.69) is 21.2 Å². The molecule has 70 valence electrons. The maximum absolute atomic E-state index is 13.3. The van der Waals surface area contributed by atoms with Crippen LogP contribution >= 0.6 is 15.9 Å². The molecule has 13 heavy (non-hydrogen) atoms. The van der Waals surface area contributed by atoms with Crippen LogP contribution in [0.25, 0.3) is 0 Å². The van der Waals surface area contributed by atoms with E-state index in [-0.39, 0.29) is 5.82 Å². The first-order valence-corrected chi connectivity index (χ1v) is 4.84. The van der Waals surface area contributed by atoms with Crippen molar-refractivity contribution >= 4 is 21.6 Å². The summed E-state index contributed by atoms with van der Waals surface area (Å²) in [6, 6.07) is 5.19. The zero-order valence-electron chi connectivity index (χ0n) is 7.35. The van der Waals surface area contributed by atoms with E-state index in [1.165, 1.54) is 0 Å². The van der Waals surface area contributed by atoms with Gasteiger partial charge in [-0.3, -0.25) is 0 Å². The monoisotopic (exact) mass is 243 g/mol. The summed E-state index contributed by atoms with van der Waals surface area (Å²) in [4.78, 5) is 0. The first kappa shape index (κ1) is 10.3. The molecular formula is C10H11BrFN. The Morgan fingerprint density at radius 3 is 3.00 bits per heavy atom. The highest BCUT2D eigenvalue weighted by Crippen LogP contribution is 2.22. The summed E-state index contributed by atoms with van der Waals surface area (Å²) in [7, 11) is 0. The van der Waals surface area contributed by atoms with Crippen molar-refractivity contribution < 1.29 is 4.39 Å². The maximum atomic E-state index is 13.3. The Labute approximate surface area is 85.8 Å². The molecule has 0 atom stereocenters. The average molecular weight is 244 g/mol. The second kappa shape index (κ2) is 5.02. The first-order chi connectivity index (χ1) is 6.25. The minimum absolute atomic E-state index is 0.244. The van der Waals surface area contributed by atoms with Gasteiger partial charge in [-0.2, -0.15) is 0 Å². The molecule has 0 spiro atoms. The lowest BCUT2D eigenvalue weighted by Gasteiger charge is -2.05. The molecule has 0 saturated carbocycles.